The van der Waals surface area contributed by atoms with E-state index >= 15 is 0 Å². The summed E-state index contributed by atoms with van der Waals surface area (Å²) in [6.07, 6.45) is 4.30. The lowest BCUT2D eigenvalue weighted by molar-refractivity contribution is -0.115. The van der Waals surface area contributed by atoms with Gasteiger partial charge in [0.15, 0.2) is 0 Å². The van der Waals surface area contributed by atoms with Crippen LogP contribution in [0.2, 0.25) is 0 Å². The molecule has 1 fully saturated rings. The predicted octanol–water partition coefficient (Wildman–Crippen LogP) is 4.47. The molecule has 1 saturated heterocycles. The van der Waals surface area contributed by atoms with Crippen LogP contribution in [-0.4, -0.2) is 19.0 Å². The summed E-state index contributed by atoms with van der Waals surface area (Å²) < 4.78 is 0. The molecule has 3 nitrogen and oxygen atoms in total. The number of benzene rings is 2. The Labute approximate surface area is 144 Å². The lowest BCUT2D eigenvalue weighted by atomic mass is 10.0. The van der Waals surface area contributed by atoms with Gasteiger partial charge in [-0.15, -0.1) is 0 Å². The molecule has 0 unspecified atom stereocenters. The standard InChI is InChI=1S/C21H26N2O/c1-16-6-7-18(17(2)14-16)15-21(24)22-19-8-10-20(11-9-19)23-12-4-3-5-13-23/h6-11,14H,3-5,12-13,15H2,1-2H3,(H,22,24). The van der Waals surface area contributed by atoms with Gasteiger partial charge in [-0.2, -0.15) is 0 Å². The van der Waals surface area contributed by atoms with Crippen LogP contribution in [0.3, 0.4) is 0 Å². The van der Waals surface area contributed by atoms with Crippen LogP contribution in [0.4, 0.5) is 11.4 Å². The van der Waals surface area contributed by atoms with E-state index in [1.807, 2.05) is 18.2 Å². The smallest absolute Gasteiger partial charge is 0.228 e. The maximum absolute atomic E-state index is 12.3. The molecule has 0 bridgehead atoms. The first-order valence-corrected chi connectivity index (χ1v) is 8.83. The number of piperidine rings is 1. The summed E-state index contributed by atoms with van der Waals surface area (Å²) in [7, 11) is 0. The Morgan fingerprint density at radius 1 is 1.00 bits per heavy atom. The molecule has 1 aliphatic rings. The van der Waals surface area contributed by atoms with E-state index in [1.165, 1.54) is 36.1 Å². The molecule has 0 aliphatic carbocycles. The minimum atomic E-state index is 0.0349. The minimum absolute atomic E-state index is 0.0349. The molecule has 24 heavy (non-hydrogen) atoms. The molecular weight excluding hydrogens is 296 g/mol. The third-order valence-corrected chi connectivity index (χ3v) is 4.72. The van der Waals surface area contributed by atoms with E-state index in [1.54, 1.807) is 0 Å². The second kappa shape index (κ2) is 7.52. The number of nitrogens with one attached hydrogen (secondary N) is 1. The lowest BCUT2D eigenvalue weighted by Crippen LogP contribution is -2.29. The van der Waals surface area contributed by atoms with E-state index in [2.05, 4.69) is 48.3 Å². The van der Waals surface area contributed by atoms with Gasteiger partial charge >= 0.3 is 0 Å². The second-order valence-electron chi connectivity index (χ2n) is 6.75. The van der Waals surface area contributed by atoms with Gasteiger partial charge in [0.25, 0.3) is 0 Å². The number of anilines is 2. The summed E-state index contributed by atoms with van der Waals surface area (Å²) in [6, 6.07) is 14.5. The van der Waals surface area contributed by atoms with Crippen LogP contribution in [0, 0.1) is 13.8 Å². The molecule has 1 amide bonds. The maximum atomic E-state index is 12.3. The van der Waals surface area contributed by atoms with Crippen molar-refractivity contribution in [2.45, 2.75) is 39.5 Å². The summed E-state index contributed by atoms with van der Waals surface area (Å²) in [4.78, 5) is 14.7. The molecule has 2 aromatic carbocycles. The molecule has 0 radical (unpaired) electrons. The van der Waals surface area contributed by atoms with Crippen LogP contribution < -0.4 is 10.2 Å². The first-order chi connectivity index (χ1) is 11.6. The van der Waals surface area contributed by atoms with Gasteiger partial charge in [-0.25, -0.2) is 0 Å². The topological polar surface area (TPSA) is 32.3 Å². The predicted molar refractivity (Wildman–Crippen MR) is 101 cm³/mol. The lowest BCUT2D eigenvalue weighted by Gasteiger charge is -2.28. The number of rotatable bonds is 4. The summed E-state index contributed by atoms with van der Waals surface area (Å²) in [5.41, 5.74) is 5.60. The first kappa shape index (κ1) is 16.6. The highest BCUT2D eigenvalue weighted by Crippen LogP contribution is 2.22. The average molecular weight is 322 g/mol. The molecule has 3 heteroatoms. The largest absolute Gasteiger partial charge is 0.372 e. The molecule has 1 N–H and O–H groups in total. The molecule has 1 aliphatic heterocycles. The van der Waals surface area contributed by atoms with Crippen LogP contribution in [0.5, 0.6) is 0 Å². The van der Waals surface area contributed by atoms with Gasteiger partial charge in [0, 0.05) is 24.5 Å². The van der Waals surface area contributed by atoms with E-state index in [0.29, 0.717) is 6.42 Å². The van der Waals surface area contributed by atoms with Gasteiger partial charge in [-0.05, 0) is 68.5 Å². The Balaban J connectivity index is 1.59. The summed E-state index contributed by atoms with van der Waals surface area (Å²) in [6.45, 7) is 6.40. The fraction of sp³-hybridized carbons (Fsp3) is 0.381. The zero-order chi connectivity index (χ0) is 16.9. The number of hydrogen-bond acceptors (Lipinski definition) is 2. The normalized spacial score (nSPS) is 14.5. The fourth-order valence-electron chi connectivity index (χ4n) is 3.33. The number of carbonyl (C=O) groups excluding carboxylic acids is 1. The van der Waals surface area contributed by atoms with Crippen LogP contribution in [-0.2, 0) is 11.2 Å². The molecular formula is C21H26N2O. The van der Waals surface area contributed by atoms with E-state index in [0.717, 1.165) is 24.3 Å². The first-order valence-electron chi connectivity index (χ1n) is 8.83. The van der Waals surface area contributed by atoms with Crippen molar-refractivity contribution in [1.29, 1.82) is 0 Å². The van der Waals surface area contributed by atoms with Crippen molar-refractivity contribution in [1.82, 2.24) is 0 Å². The number of nitrogens with zero attached hydrogens (tertiary/aromatic N) is 1. The molecule has 0 aromatic heterocycles. The molecule has 1 heterocycles. The van der Waals surface area contributed by atoms with E-state index in [-0.39, 0.29) is 5.91 Å². The molecule has 126 valence electrons. The van der Waals surface area contributed by atoms with E-state index in [4.69, 9.17) is 0 Å². The van der Waals surface area contributed by atoms with Crippen molar-refractivity contribution in [3.63, 3.8) is 0 Å². The third-order valence-electron chi connectivity index (χ3n) is 4.72. The number of aryl methyl sites for hydroxylation is 2. The fourth-order valence-corrected chi connectivity index (χ4v) is 3.33. The van der Waals surface area contributed by atoms with Crippen molar-refractivity contribution in [2.24, 2.45) is 0 Å². The van der Waals surface area contributed by atoms with Gasteiger partial charge in [-0.3, -0.25) is 4.79 Å². The Morgan fingerprint density at radius 3 is 2.38 bits per heavy atom. The SMILES string of the molecule is Cc1ccc(CC(=O)Nc2ccc(N3CCCCC3)cc2)c(C)c1. The zero-order valence-electron chi connectivity index (χ0n) is 14.6. The summed E-state index contributed by atoms with van der Waals surface area (Å²) in [5.74, 6) is 0.0349. The van der Waals surface area contributed by atoms with Gasteiger partial charge in [0.2, 0.25) is 5.91 Å². The molecule has 0 atom stereocenters. The molecule has 0 spiro atoms. The molecule has 0 saturated carbocycles. The molecule has 3 rings (SSSR count). The number of hydrogen-bond donors (Lipinski definition) is 1. The van der Waals surface area contributed by atoms with E-state index in [9.17, 15) is 4.79 Å². The van der Waals surface area contributed by atoms with Crippen molar-refractivity contribution >= 4 is 17.3 Å². The summed E-state index contributed by atoms with van der Waals surface area (Å²) >= 11 is 0. The Hall–Kier alpha value is -2.29. The summed E-state index contributed by atoms with van der Waals surface area (Å²) in [5, 5.41) is 3.00. The van der Waals surface area contributed by atoms with Crippen molar-refractivity contribution in [3.05, 3.63) is 59.2 Å². The zero-order valence-corrected chi connectivity index (χ0v) is 14.6. The average Bonchev–Trinajstić information content (AvgIpc) is 2.59. The van der Waals surface area contributed by atoms with Crippen molar-refractivity contribution < 1.29 is 4.79 Å². The molecule has 2 aromatic rings. The van der Waals surface area contributed by atoms with Crippen LogP contribution in [0.1, 0.15) is 36.0 Å². The van der Waals surface area contributed by atoms with Crippen LogP contribution in [0.15, 0.2) is 42.5 Å². The number of carbonyl (C=O) groups is 1. The highest BCUT2D eigenvalue weighted by molar-refractivity contribution is 5.92. The van der Waals surface area contributed by atoms with Crippen molar-refractivity contribution in [3.8, 4) is 0 Å². The third kappa shape index (κ3) is 4.16. The van der Waals surface area contributed by atoms with Gasteiger partial charge in [0.05, 0.1) is 6.42 Å². The monoisotopic (exact) mass is 322 g/mol. The minimum Gasteiger partial charge on any atom is -0.372 e. The highest BCUT2D eigenvalue weighted by Gasteiger charge is 2.11. The second-order valence-corrected chi connectivity index (χ2v) is 6.75. The Morgan fingerprint density at radius 2 is 1.71 bits per heavy atom. The maximum Gasteiger partial charge on any atom is 0.228 e. The van der Waals surface area contributed by atoms with Crippen LogP contribution >= 0.6 is 0 Å². The number of amides is 1. The van der Waals surface area contributed by atoms with Crippen LogP contribution in [0.25, 0.3) is 0 Å². The Kier molecular flexibility index (Phi) is 5.19. The van der Waals surface area contributed by atoms with Crippen molar-refractivity contribution in [2.75, 3.05) is 23.3 Å². The Bertz CT molecular complexity index is 700. The van der Waals surface area contributed by atoms with Gasteiger partial charge in [-0.1, -0.05) is 23.8 Å². The highest BCUT2D eigenvalue weighted by atomic mass is 16.1. The van der Waals surface area contributed by atoms with E-state index < -0.39 is 0 Å². The van der Waals surface area contributed by atoms with Gasteiger partial charge < -0.3 is 10.2 Å². The quantitative estimate of drug-likeness (QED) is 0.900. The van der Waals surface area contributed by atoms with Gasteiger partial charge in [0.1, 0.15) is 0 Å².